The molecule has 2 heteroatoms. The lowest BCUT2D eigenvalue weighted by atomic mass is 10.1. The molecular weight excluding hydrogens is 254 g/mol. The summed E-state index contributed by atoms with van der Waals surface area (Å²) in [5.74, 6) is 0. The first-order valence-electron chi connectivity index (χ1n) is 6.75. The molecule has 100 valence electrons. The Morgan fingerprint density at radius 3 is 2.37 bits per heavy atom. The van der Waals surface area contributed by atoms with E-state index < -0.39 is 0 Å². The van der Waals surface area contributed by atoms with Gasteiger partial charge in [-0.25, -0.2) is 0 Å². The van der Waals surface area contributed by atoms with Crippen LogP contribution < -0.4 is 5.32 Å². The molecule has 1 N–H and O–H groups in total. The number of hydrogen-bond donors (Lipinski definition) is 1. The van der Waals surface area contributed by atoms with E-state index in [9.17, 15) is 0 Å². The summed E-state index contributed by atoms with van der Waals surface area (Å²) in [6.07, 6.45) is 1.09. The van der Waals surface area contributed by atoms with Crippen LogP contribution in [-0.2, 0) is 13.0 Å². The van der Waals surface area contributed by atoms with Crippen molar-refractivity contribution in [3.63, 3.8) is 0 Å². The Balaban J connectivity index is 1.94. The first-order valence-corrected chi connectivity index (χ1v) is 7.13. The average molecular weight is 274 g/mol. The highest BCUT2D eigenvalue weighted by atomic mass is 35.5. The number of rotatable bonds is 5. The lowest BCUT2D eigenvalue weighted by Crippen LogP contribution is -2.18. The third-order valence-corrected chi connectivity index (χ3v) is 3.63. The molecule has 2 aromatic rings. The van der Waals surface area contributed by atoms with Crippen molar-refractivity contribution in [3.8, 4) is 0 Å². The number of aryl methyl sites for hydroxylation is 1. The van der Waals surface area contributed by atoms with Crippen molar-refractivity contribution in [3.05, 3.63) is 70.2 Å². The summed E-state index contributed by atoms with van der Waals surface area (Å²) < 4.78 is 0. The van der Waals surface area contributed by atoms with E-state index in [0.717, 1.165) is 18.0 Å². The molecule has 0 aliphatic heterocycles. The molecular formula is C17H20ClN. The van der Waals surface area contributed by atoms with Gasteiger partial charge in [0.25, 0.3) is 0 Å². The Kier molecular flexibility index (Phi) is 5.00. The fourth-order valence-corrected chi connectivity index (χ4v) is 2.26. The summed E-state index contributed by atoms with van der Waals surface area (Å²) in [5.41, 5.74) is 3.91. The molecule has 0 unspecified atom stereocenters. The smallest absolute Gasteiger partial charge is 0.0409 e. The van der Waals surface area contributed by atoms with Crippen molar-refractivity contribution in [2.45, 2.75) is 32.9 Å². The molecule has 0 radical (unpaired) electrons. The van der Waals surface area contributed by atoms with Crippen LogP contribution in [0.2, 0.25) is 5.02 Å². The van der Waals surface area contributed by atoms with Crippen molar-refractivity contribution < 1.29 is 0 Å². The summed E-state index contributed by atoms with van der Waals surface area (Å²) in [5, 5.41) is 4.31. The third-order valence-electron chi connectivity index (χ3n) is 3.39. The lowest BCUT2D eigenvalue weighted by Gasteiger charge is -2.14. The van der Waals surface area contributed by atoms with Crippen molar-refractivity contribution in [1.29, 1.82) is 0 Å². The second-order valence-corrected chi connectivity index (χ2v) is 5.26. The molecule has 19 heavy (non-hydrogen) atoms. The average Bonchev–Trinajstić information content (AvgIpc) is 2.45. The molecule has 0 heterocycles. The van der Waals surface area contributed by atoms with Gasteiger partial charge in [-0.3, -0.25) is 0 Å². The van der Waals surface area contributed by atoms with Crippen molar-refractivity contribution in [2.75, 3.05) is 0 Å². The minimum atomic E-state index is 0.296. The molecule has 0 aliphatic rings. The maximum Gasteiger partial charge on any atom is 0.0409 e. The Hall–Kier alpha value is -1.31. The Morgan fingerprint density at radius 1 is 1.05 bits per heavy atom. The normalized spacial score (nSPS) is 12.4. The van der Waals surface area contributed by atoms with E-state index in [1.54, 1.807) is 0 Å². The highest BCUT2D eigenvalue weighted by Gasteiger charge is 2.05. The van der Waals surface area contributed by atoms with Crippen molar-refractivity contribution in [2.24, 2.45) is 0 Å². The number of benzene rings is 2. The van der Waals surface area contributed by atoms with Gasteiger partial charge < -0.3 is 5.32 Å². The lowest BCUT2D eigenvalue weighted by molar-refractivity contribution is 0.574. The molecule has 0 bridgehead atoms. The molecule has 1 nitrogen and oxygen atoms in total. The van der Waals surface area contributed by atoms with Crippen LogP contribution in [0.3, 0.4) is 0 Å². The maximum absolute atomic E-state index is 6.01. The topological polar surface area (TPSA) is 12.0 Å². The number of halogens is 1. The van der Waals surface area contributed by atoms with Gasteiger partial charge in [-0.15, -0.1) is 0 Å². The minimum Gasteiger partial charge on any atom is -0.306 e. The zero-order valence-electron chi connectivity index (χ0n) is 11.5. The van der Waals surface area contributed by atoms with Gasteiger partial charge in [-0.2, -0.15) is 0 Å². The highest BCUT2D eigenvalue weighted by molar-refractivity contribution is 6.30. The monoisotopic (exact) mass is 273 g/mol. The Bertz CT molecular complexity index is 519. The van der Waals surface area contributed by atoms with Gasteiger partial charge in [0.2, 0.25) is 0 Å². The summed E-state index contributed by atoms with van der Waals surface area (Å²) >= 11 is 6.01. The third kappa shape index (κ3) is 4.09. The van der Waals surface area contributed by atoms with Gasteiger partial charge in [0.1, 0.15) is 0 Å². The van der Waals surface area contributed by atoms with E-state index in [1.807, 2.05) is 18.2 Å². The van der Waals surface area contributed by atoms with Gasteiger partial charge >= 0.3 is 0 Å². The zero-order chi connectivity index (χ0) is 13.7. The molecule has 2 aromatic carbocycles. The summed E-state index contributed by atoms with van der Waals surface area (Å²) in [4.78, 5) is 0. The fraction of sp³-hybridized carbons (Fsp3) is 0.294. The quantitative estimate of drug-likeness (QED) is 0.829. The van der Waals surface area contributed by atoms with Gasteiger partial charge in [0.15, 0.2) is 0 Å². The molecule has 1 atom stereocenters. The molecule has 0 spiro atoms. The van der Waals surface area contributed by atoms with Crippen LogP contribution in [-0.4, -0.2) is 0 Å². The standard InChI is InChI=1S/C17H20ClN/c1-3-14-7-9-15(10-8-14)12-19-13(2)16-5-4-6-17(18)11-16/h4-11,13,19H,3,12H2,1-2H3/t13-/m0/s1. The maximum atomic E-state index is 6.01. The van der Waals surface area contributed by atoms with Crippen LogP contribution in [0.4, 0.5) is 0 Å². The molecule has 2 rings (SSSR count). The van der Waals surface area contributed by atoms with Gasteiger partial charge in [-0.05, 0) is 42.2 Å². The fourth-order valence-electron chi connectivity index (χ4n) is 2.06. The van der Waals surface area contributed by atoms with Crippen LogP contribution in [0.15, 0.2) is 48.5 Å². The molecule has 0 fully saturated rings. The van der Waals surface area contributed by atoms with Crippen LogP contribution in [0.25, 0.3) is 0 Å². The van der Waals surface area contributed by atoms with E-state index in [4.69, 9.17) is 11.6 Å². The second kappa shape index (κ2) is 6.74. The summed E-state index contributed by atoms with van der Waals surface area (Å²) in [7, 11) is 0. The predicted octanol–water partition coefficient (Wildman–Crippen LogP) is 4.75. The molecule has 0 saturated carbocycles. The van der Waals surface area contributed by atoms with Gasteiger partial charge in [0.05, 0.1) is 0 Å². The molecule has 0 saturated heterocycles. The predicted molar refractivity (Wildman–Crippen MR) is 82.5 cm³/mol. The van der Waals surface area contributed by atoms with Crippen molar-refractivity contribution in [1.82, 2.24) is 5.32 Å². The second-order valence-electron chi connectivity index (χ2n) is 4.83. The van der Waals surface area contributed by atoms with E-state index in [-0.39, 0.29) is 0 Å². The van der Waals surface area contributed by atoms with E-state index in [2.05, 4.69) is 49.5 Å². The highest BCUT2D eigenvalue weighted by Crippen LogP contribution is 2.17. The first-order chi connectivity index (χ1) is 9.19. The summed E-state index contributed by atoms with van der Waals surface area (Å²) in [6, 6.07) is 17.1. The number of nitrogens with one attached hydrogen (secondary N) is 1. The Labute approximate surface area is 120 Å². The van der Waals surface area contributed by atoms with E-state index in [1.165, 1.54) is 16.7 Å². The number of hydrogen-bond acceptors (Lipinski definition) is 1. The zero-order valence-corrected chi connectivity index (χ0v) is 12.2. The van der Waals surface area contributed by atoms with Crippen LogP contribution in [0.1, 0.15) is 36.6 Å². The van der Waals surface area contributed by atoms with Gasteiger partial charge in [-0.1, -0.05) is 54.9 Å². The van der Waals surface area contributed by atoms with Crippen molar-refractivity contribution >= 4 is 11.6 Å². The van der Waals surface area contributed by atoms with Crippen LogP contribution in [0, 0.1) is 0 Å². The largest absolute Gasteiger partial charge is 0.306 e. The molecule has 0 aliphatic carbocycles. The van der Waals surface area contributed by atoms with Crippen LogP contribution in [0.5, 0.6) is 0 Å². The van der Waals surface area contributed by atoms with Crippen LogP contribution >= 0.6 is 11.6 Å². The Morgan fingerprint density at radius 2 is 1.74 bits per heavy atom. The molecule has 0 amide bonds. The van der Waals surface area contributed by atoms with E-state index >= 15 is 0 Å². The van der Waals surface area contributed by atoms with E-state index in [0.29, 0.717) is 6.04 Å². The first kappa shape index (κ1) is 14.1. The summed E-state index contributed by atoms with van der Waals surface area (Å²) in [6.45, 7) is 5.21. The van der Waals surface area contributed by atoms with Gasteiger partial charge in [0, 0.05) is 17.6 Å². The molecule has 0 aromatic heterocycles. The minimum absolute atomic E-state index is 0.296. The SMILES string of the molecule is CCc1ccc(CN[C@@H](C)c2cccc(Cl)c2)cc1.